The molecule has 0 aromatic carbocycles. The molecule has 4 heteroatoms. The smallest absolute Gasteiger partial charge is 0.221 e. The summed E-state index contributed by atoms with van der Waals surface area (Å²) in [4.78, 5) is 8.11. The Morgan fingerprint density at radius 1 is 1.25 bits per heavy atom. The zero-order valence-electron chi connectivity index (χ0n) is 8.71. The molecular formula is C12H9N3O. The van der Waals surface area contributed by atoms with E-state index in [1.54, 1.807) is 25.6 Å². The summed E-state index contributed by atoms with van der Waals surface area (Å²) in [7, 11) is 1.57. The summed E-state index contributed by atoms with van der Waals surface area (Å²) in [6, 6.07) is 9.20. The third kappa shape index (κ3) is 1.84. The number of ether oxygens (including phenoxy) is 1. The van der Waals surface area contributed by atoms with Crippen molar-refractivity contribution in [3.05, 3.63) is 42.4 Å². The van der Waals surface area contributed by atoms with Gasteiger partial charge < -0.3 is 4.74 Å². The Bertz CT molecular complexity index is 529. The molecule has 78 valence electrons. The summed E-state index contributed by atoms with van der Waals surface area (Å²) in [5.74, 6) is 0.550. The Labute approximate surface area is 93.2 Å². The van der Waals surface area contributed by atoms with Gasteiger partial charge in [-0.15, -0.1) is 0 Å². The Balaban J connectivity index is 2.47. The van der Waals surface area contributed by atoms with Crippen molar-refractivity contribution in [1.29, 1.82) is 5.26 Å². The number of rotatable bonds is 2. The Morgan fingerprint density at radius 2 is 2.12 bits per heavy atom. The summed E-state index contributed by atoms with van der Waals surface area (Å²) >= 11 is 0. The fraction of sp³-hybridized carbons (Fsp3) is 0.0833. The molecule has 0 amide bonds. The van der Waals surface area contributed by atoms with Gasteiger partial charge in [-0.3, -0.25) is 0 Å². The van der Waals surface area contributed by atoms with Crippen molar-refractivity contribution in [3.8, 4) is 23.1 Å². The SMILES string of the molecule is COc1ncccc1-c1ccc(C#N)nc1. The van der Waals surface area contributed by atoms with E-state index in [9.17, 15) is 0 Å². The molecule has 0 N–H and O–H groups in total. The van der Waals surface area contributed by atoms with Crippen molar-refractivity contribution in [2.24, 2.45) is 0 Å². The molecule has 0 fully saturated rings. The van der Waals surface area contributed by atoms with E-state index in [2.05, 4.69) is 9.97 Å². The van der Waals surface area contributed by atoms with Gasteiger partial charge in [-0.05, 0) is 24.3 Å². The van der Waals surface area contributed by atoms with Crippen LogP contribution in [0.4, 0.5) is 0 Å². The topological polar surface area (TPSA) is 58.8 Å². The third-order valence-corrected chi connectivity index (χ3v) is 2.15. The highest BCUT2D eigenvalue weighted by Gasteiger charge is 2.06. The molecule has 2 aromatic heterocycles. The van der Waals surface area contributed by atoms with Gasteiger partial charge in [0, 0.05) is 23.5 Å². The lowest BCUT2D eigenvalue weighted by Crippen LogP contribution is -1.91. The molecule has 0 atom stereocenters. The molecule has 0 aliphatic rings. The monoisotopic (exact) mass is 211 g/mol. The number of aromatic nitrogens is 2. The zero-order valence-corrected chi connectivity index (χ0v) is 8.71. The molecule has 0 aliphatic heterocycles. The molecule has 0 aliphatic carbocycles. The zero-order chi connectivity index (χ0) is 11.4. The van der Waals surface area contributed by atoms with Gasteiger partial charge in [0.05, 0.1) is 7.11 Å². The first-order valence-electron chi connectivity index (χ1n) is 4.70. The van der Waals surface area contributed by atoms with Gasteiger partial charge >= 0.3 is 0 Å². The van der Waals surface area contributed by atoms with E-state index in [0.29, 0.717) is 11.6 Å². The fourth-order valence-corrected chi connectivity index (χ4v) is 1.39. The quantitative estimate of drug-likeness (QED) is 0.762. The normalized spacial score (nSPS) is 9.50. The highest BCUT2D eigenvalue weighted by atomic mass is 16.5. The average molecular weight is 211 g/mol. The van der Waals surface area contributed by atoms with E-state index in [4.69, 9.17) is 10.00 Å². The Morgan fingerprint density at radius 3 is 2.75 bits per heavy atom. The van der Waals surface area contributed by atoms with E-state index in [1.165, 1.54) is 0 Å². The van der Waals surface area contributed by atoms with Crippen LogP contribution in [0.25, 0.3) is 11.1 Å². The van der Waals surface area contributed by atoms with Crippen molar-refractivity contribution >= 4 is 0 Å². The Kier molecular flexibility index (Phi) is 2.79. The van der Waals surface area contributed by atoms with Gasteiger partial charge in [-0.1, -0.05) is 0 Å². The second-order valence-corrected chi connectivity index (χ2v) is 3.10. The predicted molar refractivity (Wildman–Crippen MR) is 58.7 cm³/mol. The second-order valence-electron chi connectivity index (χ2n) is 3.10. The van der Waals surface area contributed by atoms with E-state index in [1.807, 2.05) is 24.3 Å². The molecular weight excluding hydrogens is 202 g/mol. The molecule has 2 rings (SSSR count). The first-order valence-corrected chi connectivity index (χ1v) is 4.70. The largest absolute Gasteiger partial charge is 0.481 e. The standard InChI is InChI=1S/C12H9N3O/c1-16-12-11(3-2-6-14-12)9-4-5-10(7-13)15-8-9/h2-6,8H,1H3. The van der Waals surface area contributed by atoms with Crippen molar-refractivity contribution < 1.29 is 4.74 Å². The molecule has 0 saturated heterocycles. The maximum atomic E-state index is 8.65. The van der Waals surface area contributed by atoms with Crippen molar-refractivity contribution in [3.63, 3.8) is 0 Å². The highest BCUT2D eigenvalue weighted by molar-refractivity contribution is 5.67. The molecule has 4 nitrogen and oxygen atoms in total. The number of nitrogens with zero attached hydrogens (tertiary/aromatic N) is 3. The lowest BCUT2D eigenvalue weighted by molar-refractivity contribution is 0.399. The van der Waals surface area contributed by atoms with Crippen LogP contribution in [-0.2, 0) is 0 Å². The molecule has 0 bridgehead atoms. The minimum atomic E-state index is 0.395. The summed E-state index contributed by atoms with van der Waals surface area (Å²) < 4.78 is 5.15. The number of methoxy groups -OCH3 is 1. The van der Waals surface area contributed by atoms with Crippen LogP contribution in [0.2, 0.25) is 0 Å². The van der Waals surface area contributed by atoms with Gasteiger partial charge in [0.25, 0.3) is 0 Å². The second kappa shape index (κ2) is 4.41. The first-order chi connectivity index (χ1) is 7.85. The molecule has 0 saturated carbocycles. The lowest BCUT2D eigenvalue weighted by atomic mass is 10.1. The summed E-state index contributed by atoms with van der Waals surface area (Å²) in [6.07, 6.45) is 3.30. The number of pyridine rings is 2. The van der Waals surface area contributed by atoms with Gasteiger partial charge in [0.2, 0.25) is 5.88 Å². The minimum absolute atomic E-state index is 0.395. The van der Waals surface area contributed by atoms with E-state index in [0.717, 1.165) is 11.1 Å². The van der Waals surface area contributed by atoms with Crippen molar-refractivity contribution in [2.45, 2.75) is 0 Å². The van der Waals surface area contributed by atoms with E-state index >= 15 is 0 Å². The number of hydrogen-bond donors (Lipinski definition) is 0. The van der Waals surface area contributed by atoms with Crippen LogP contribution in [0.15, 0.2) is 36.7 Å². The molecule has 2 aromatic rings. The van der Waals surface area contributed by atoms with Crippen LogP contribution < -0.4 is 4.74 Å². The van der Waals surface area contributed by atoms with E-state index in [-0.39, 0.29) is 0 Å². The predicted octanol–water partition coefficient (Wildman–Crippen LogP) is 2.02. The number of hydrogen-bond acceptors (Lipinski definition) is 4. The molecule has 0 spiro atoms. The number of nitriles is 1. The van der Waals surface area contributed by atoms with Gasteiger partial charge in [-0.25, -0.2) is 9.97 Å². The molecule has 0 unspecified atom stereocenters. The summed E-state index contributed by atoms with van der Waals surface area (Å²) in [5.41, 5.74) is 2.14. The summed E-state index contributed by atoms with van der Waals surface area (Å²) in [5, 5.41) is 8.65. The minimum Gasteiger partial charge on any atom is -0.481 e. The molecule has 16 heavy (non-hydrogen) atoms. The highest BCUT2D eigenvalue weighted by Crippen LogP contribution is 2.26. The van der Waals surface area contributed by atoms with Gasteiger partial charge in [-0.2, -0.15) is 5.26 Å². The van der Waals surface area contributed by atoms with Crippen LogP contribution in [-0.4, -0.2) is 17.1 Å². The van der Waals surface area contributed by atoms with Crippen LogP contribution in [0.3, 0.4) is 0 Å². The fourth-order valence-electron chi connectivity index (χ4n) is 1.39. The maximum absolute atomic E-state index is 8.65. The van der Waals surface area contributed by atoms with Crippen LogP contribution in [0.1, 0.15) is 5.69 Å². The lowest BCUT2D eigenvalue weighted by Gasteiger charge is -2.05. The summed E-state index contributed by atoms with van der Waals surface area (Å²) in [6.45, 7) is 0. The van der Waals surface area contributed by atoms with E-state index < -0.39 is 0 Å². The van der Waals surface area contributed by atoms with Crippen LogP contribution in [0, 0.1) is 11.3 Å². The van der Waals surface area contributed by atoms with Crippen LogP contribution >= 0.6 is 0 Å². The van der Waals surface area contributed by atoms with Gasteiger partial charge in [0.1, 0.15) is 11.8 Å². The Hall–Kier alpha value is -2.41. The third-order valence-electron chi connectivity index (χ3n) is 2.15. The van der Waals surface area contributed by atoms with Crippen molar-refractivity contribution in [2.75, 3.05) is 7.11 Å². The first kappa shape index (κ1) is 10.1. The van der Waals surface area contributed by atoms with Crippen LogP contribution in [0.5, 0.6) is 5.88 Å². The maximum Gasteiger partial charge on any atom is 0.221 e. The average Bonchev–Trinajstić information content (AvgIpc) is 2.39. The van der Waals surface area contributed by atoms with Crippen molar-refractivity contribution in [1.82, 2.24) is 9.97 Å². The molecule has 2 heterocycles. The molecule has 0 radical (unpaired) electrons. The van der Waals surface area contributed by atoms with Gasteiger partial charge in [0.15, 0.2) is 0 Å².